The Bertz CT molecular complexity index is 768. The van der Waals surface area contributed by atoms with Gasteiger partial charge in [-0.15, -0.1) is 11.6 Å². The molecule has 1 aromatic heterocycles. The maximum Gasteiger partial charge on any atom is 0.239 e. The van der Waals surface area contributed by atoms with E-state index in [1.807, 2.05) is 42.7 Å². The SMILES string of the molecule is O=C(CCl)Nc1ccc2c(c1)ncn2Cc1ccccc1. The number of nitrogens with one attached hydrogen (secondary N) is 1. The van der Waals surface area contributed by atoms with E-state index in [2.05, 4.69) is 27.0 Å². The second kappa shape index (κ2) is 5.97. The zero-order valence-electron chi connectivity index (χ0n) is 11.3. The lowest BCUT2D eigenvalue weighted by molar-refractivity contribution is -0.113. The quantitative estimate of drug-likeness (QED) is 0.752. The molecule has 3 aromatic rings. The Kier molecular flexibility index (Phi) is 3.88. The van der Waals surface area contributed by atoms with E-state index in [4.69, 9.17) is 11.6 Å². The average Bonchev–Trinajstić information content (AvgIpc) is 2.90. The summed E-state index contributed by atoms with van der Waals surface area (Å²) in [4.78, 5) is 15.7. The molecule has 0 fully saturated rings. The molecule has 1 heterocycles. The van der Waals surface area contributed by atoms with E-state index in [-0.39, 0.29) is 11.8 Å². The first-order valence-corrected chi connectivity index (χ1v) is 7.14. The Morgan fingerprint density at radius 3 is 2.76 bits per heavy atom. The summed E-state index contributed by atoms with van der Waals surface area (Å²) < 4.78 is 2.08. The summed E-state index contributed by atoms with van der Waals surface area (Å²) in [6, 6.07) is 15.9. The van der Waals surface area contributed by atoms with Crippen LogP contribution >= 0.6 is 11.6 Å². The highest BCUT2D eigenvalue weighted by molar-refractivity contribution is 6.29. The highest BCUT2D eigenvalue weighted by atomic mass is 35.5. The van der Waals surface area contributed by atoms with Crippen molar-refractivity contribution in [3.05, 3.63) is 60.4 Å². The van der Waals surface area contributed by atoms with Crippen molar-refractivity contribution in [2.24, 2.45) is 0 Å². The molecule has 2 aromatic carbocycles. The van der Waals surface area contributed by atoms with Crippen molar-refractivity contribution in [2.45, 2.75) is 6.54 Å². The van der Waals surface area contributed by atoms with Gasteiger partial charge in [0.15, 0.2) is 0 Å². The van der Waals surface area contributed by atoms with Crippen LogP contribution in [0, 0.1) is 0 Å². The van der Waals surface area contributed by atoms with Crippen LogP contribution in [0.2, 0.25) is 0 Å². The van der Waals surface area contributed by atoms with Gasteiger partial charge in [-0.25, -0.2) is 4.98 Å². The average molecular weight is 300 g/mol. The maximum absolute atomic E-state index is 11.3. The van der Waals surface area contributed by atoms with E-state index < -0.39 is 0 Å². The molecular weight excluding hydrogens is 286 g/mol. The summed E-state index contributed by atoms with van der Waals surface area (Å²) in [7, 11) is 0. The minimum absolute atomic E-state index is 0.0551. The van der Waals surface area contributed by atoms with Crippen molar-refractivity contribution in [1.29, 1.82) is 0 Å². The van der Waals surface area contributed by atoms with Crippen molar-refractivity contribution in [3.8, 4) is 0 Å². The van der Waals surface area contributed by atoms with Gasteiger partial charge in [0.05, 0.1) is 17.4 Å². The number of imidazole rings is 1. The van der Waals surface area contributed by atoms with Gasteiger partial charge in [-0.2, -0.15) is 0 Å². The van der Waals surface area contributed by atoms with Gasteiger partial charge in [0.25, 0.3) is 0 Å². The number of alkyl halides is 1. The fourth-order valence-electron chi connectivity index (χ4n) is 2.24. The second-order valence-electron chi connectivity index (χ2n) is 4.74. The molecule has 0 atom stereocenters. The fraction of sp³-hybridized carbons (Fsp3) is 0.125. The number of anilines is 1. The molecule has 0 saturated heterocycles. The molecule has 0 unspecified atom stereocenters. The summed E-state index contributed by atoms with van der Waals surface area (Å²) >= 11 is 5.48. The topological polar surface area (TPSA) is 46.9 Å². The van der Waals surface area contributed by atoms with Crippen LogP contribution in [0.4, 0.5) is 5.69 Å². The normalized spacial score (nSPS) is 10.7. The molecule has 0 spiro atoms. The first-order chi connectivity index (χ1) is 10.3. The third kappa shape index (κ3) is 3.06. The van der Waals surface area contributed by atoms with Crippen LogP contribution in [-0.2, 0) is 11.3 Å². The van der Waals surface area contributed by atoms with Crippen molar-refractivity contribution in [1.82, 2.24) is 9.55 Å². The highest BCUT2D eigenvalue weighted by Gasteiger charge is 2.06. The lowest BCUT2D eigenvalue weighted by atomic mass is 10.2. The van der Waals surface area contributed by atoms with Crippen molar-refractivity contribution < 1.29 is 4.79 Å². The first kappa shape index (κ1) is 13.6. The summed E-state index contributed by atoms with van der Waals surface area (Å²) in [5, 5.41) is 2.72. The molecule has 3 rings (SSSR count). The molecule has 5 heteroatoms. The largest absolute Gasteiger partial charge is 0.326 e. The Balaban J connectivity index is 1.87. The van der Waals surface area contributed by atoms with Crippen LogP contribution in [0.15, 0.2) is 54.9 Å². The Labute approximate surface area is 127 Å². The van der Waals surface area contributed by atoms with Gasteiger partial charge in [-0.1, -0.05) is 30.3 Å². The summed E-state index contributed by atoms with van der Waals surface area (Å²) in [5.41, 5.74) is 3.80. The van der Waals surface area contributed by atoms with Gasteiger partial charge in [-0.05, 0) is 23.8 Å². The van der Waals surface area contributed by atoms with E-state index in [1.165, 1.54) is 5.56 Å². The molecule has 1 amide bonds. The van der Waals surface area contributed by atoms with Crippen LogP contribution in [-0.4, -0.2) is 21.3 Å². The number of carbonyl (C=O) groups is 1. The number of aromatic nitrogens is 2. The summed E-state index contributed by atoms with van der Waals surface area (Å²) in [5.74, 6) is -0.278. The van der Waals surface area contributed by atoms with Crippen molar-refractivity contribution in [2.75, 3.05) is 11.2 Å². The Hall–Kier alpha value is -2.33. The van der Waals surface area contributed by atoms with Gasteiger partial charge < -0.3 is 9.88 Å². The number of benzene rings is 2. The van der Waals surface area contributed by atoms with Crippen molar-refractivity contribution in [3.63, 3.8) is 0 Å². The number of carbonyl (C=O) groups excluding carboxylic acids is 1. The number of nitrogens with zero attached hydrogens (tertiary/aromatic N) is 2. The monoisotopic (exact) mass is 299 g/mol. The molecule has 0 saturated carbocycles. The van der Waals surface area contributed by atoms with Gasteiger partial charge >= 0.3 is 0 Å². The van der Waals surface area contributed by atoms with Gasteiger partial charge in [0.2, 0.25) is 5.91 Å². The van der Waals surface area contributed by atoms with Crippen LogP contribution in [0.5, 0.6) is 0 Å². The molecule has 0 aliphatic heterocycles. The molecule has 0 radical (unpaired) electrons. The van der Waals surface area contributed by atoms with E-state index in [0.29, 0.717) is 5.69 Å². The minimum atomic E-state index is -0.222. The number of rotatable bonds is 4. The number of hydrogen-bond donors (Lipinski definition) is 1. The first-order valence-electron chi connectivity index (χ1n) is 6.61. The van der Waals surface area contributed by atoms with Crippen LogP contribution in [0.1, 0.15) is 5.56 Å². The molecular formula is C16H14ClN3O. The number of fused-ring (bicyclic) bond motifs is 1. The van der Waals surface area contributed by atoms with Crippen molar-refractivity contribution >= 4 is 34.2 Å². The zero-order valence-corrected chi connectivity index (χ0v) is 12.0. The van der Waals surface area contributed by atoms with Crippen LogP contribution in [0.25, 0.3) is 11.0 Å². The fourth-order valence-corrected chi connectivity index (χ4v) is 2.31. The van der Waals surface area contributed by atoms with E-state index >= 15 is 0 Å². The standard InChI is InChI=1S/C16H14ClN3O/c17-9-16(21)19-13-6-7-15-14(8-13)18-11-20(15)10-12-4-2-1-3-5-12/h1-8,11H,9-10H2,(H,19,21). The van der Waals surface area contributed by atoms with Crippen LogP contribution < -0.4 is 5.32 Å². The van der Waals surface area contributed by atoms with Crippen LogP contribution in [0.3, 0.4) is 0 Å². The van der Waals surface area contributed by atoms with Gasteiger partial charge in [0.1, 0.15) is 5.88 Å². The predicted molar refractivity (Wildman–Crippen MR) is 84.6 cm³/mol. The predicted octanol–water partition coefficient (Wildman–Crippen LogP) is 3.26. The minimum Gasteiger partial charge on any atom is -0.326 e. The van der Waals surface area contributed by atoms with E-state index in [9.17, 15) is 4.79 Å². The van der Waals surface area contributed by atoms with Gasteiger partial charge in [-0.3, -0.25) is 4.79 Å². The zero-order chi connectivity index (χ0) is 14.7. The molecule has 106 valence electrons. The molecule has 21 heavy (non-hydrogen) atoms. The molecule has 0 aliphatic rings. The van der Waals surface area contributed by atoms with E-state index in [1.54, 1.807) is 0 Å². The maximum atomic E-state index is 11.3. The Morgan fingerprint density at radius 1 is 1.19 bits per heavy atom. The Morgan fingerprint density at radius 2 is 2.00 bits per heavy atom. The number of halogens is 1. The highest BCUT2D eigenvalue weighted by Crippen LogP contribution is 2.19. The smallest absolute Gasteiger partial charge is 0.239 e. The second-order valence-corrected chi connectivity index (χ2v) is 5.01. The van der Waals surface area contributed by atoms with Gasteiger partial charge in [0, 0.05) is 12.2 Å². The van der Waals surface area contributed by atoms with E-state index in [0.717, 1.165) is 17.6 Å². The molecule has 1 N–H and O–H groups in total. The lowest BCUT2D eigenvalue weighted by Crippen LogP contribution is -2.12. The molecule has 0 bridgehead atoms. The third-order valence-corrected chi connectivity index (χ3v) is 3.46. The summed E-state index contributed by atoms with van der Waals surface area (Å²) in [6.07, 6.45) is 1.81. The number of hydrogen-bond acceptors (Lipinski definition) is 2. The molecule has 0 aliphatic carbocycles. The number of amides is 1. The summed E-state index contributed by atoms with van der Waals surface area (Å²) in [6.45, 7) is 0.769. The lowest BCUT2D eigenvalue weighted by Gasteiger charge is -2.06. The third-order valence-electron chi connectivity index (χ3n) is 3.22. The molecule has 4 nitrogen and oxygen atoms in total.